The summed E-state index contributed by atoms with van der Waals surface area (Å²) in [5.74, 6) is 0. The second-order valence-corrected chi connectivity index (χ2v) is 8.31. The topological polar surface area (TPSA) is 45.4 Å². The minimum atomic E-state index is 0.633. The van der Waals surface area contributed by atoms with Crippen LogP contribution in [0.25, 0.3) is 21.5 Å². The van der Waals surface area contributed by atoms with Crippen molar-refractivity contribution in [3.05, 3.63) is 99.6 Å². The molecular formula is C23H18N4S2. The first-order valence-electron chi connectivity index (χ1n) is 9.28. The molecule has 0 aliphatic carbocycles. The quantitative estimate of drug-likeness (QED) is 0.356. The zero-order chi connectivity index (χ0) is 19.5. The summed E-state index contributed by atoms with van der Waals surface area (Å²) in [6, 6.07) is 22.7. The molecule has 0 spiro atoms. The maximum Gasteiger partial charge on any atom is 0.206 e. The molecule has 6 heteroatoms. The van der Waals surface area contributed by atoms with Gasteiger partial charge in [0, 0.05) is 28.0 Å². The van der Waals surface area contributed by atoms with E-state index >= 15 is 0 Å². The third-order valence-electron chi connectivity index (χ3n) is 4.63. The van der Waals surface area contributed by atoms with Crippen LogP contribution in [0, 0.1) is 0 Å². The van der Waals surface area contributed by atoms with Gasteiger partial charge in [0.05, 0.1) is 23.3 Å². The fraction of sp³-hybridized carbons (Fsp3) is 0.0435. The molecule has 0 saturated carbocycles. The van der Waals surface area contributed by atoms with Crippen molar-refractivity contribution < 1.29 is 0 Å². The van der Waals surface area contributed by atoms with Gasteiger partial charge in [-0.25, -0.2) is 4.68 Å². The van der Waals surface area contributed by atoms with Crippen molar-refractivity contribution in [2.24, 2.45) is 10.1 Å². The number of thiophene rings is 1. The van der Waals surface area contributed by atoms with Crippen molar-refractivity contribution >= 4 is 39.8 Å². The summed E-state index contributed by atoms with van der Waals surface area (Å²) in [4.78, 5) is 10.2. The summed E-state index contributed by atoms with van der Waals surface area (Å²) >= 11 is 3.32. The van der Waals surface area contributed by atoms with Crippen molar-refractivity contribution in [3.8, 4) is 10.6 Å². The minimum absolute atomic E-state index is 0.633. The number of hydrogen-bond donors (Lipinski definition) is 1. The van der Waals surface area contributed by atoms with Crippen molar-refractivity contribution in [2.45, 2.75) is 6.54 Å². The number of nitrogens with one attached hydrogen (secondary N) is 1. The van der Waals surface area contributed by atoms with E-state index < -0.39 is 0 Å². The van der Waals surface area contributed by atoms with E-state index in [1.807, 2.05) is 47.4 Å². The van der Waals surface area contributed by atoms with E-state index in [9.17, 15) is 0 Å². The number of fused-ring (bicyclic) bond motifs is 1. The van der Waals surface area contributed by atoms with Crippen LogP contribution in [0.4, 0.5) is 0 Å². The molecular weight excluding hydrogens is 396 g/mol. The van der Waals surface area contributed by atoms with Crippen LogP contribution in [0.2, 0.25) is 0 Å². The van der Waals surface area contributed by atoms with Gasteiger partial charge in [0.15, 0.2) is 0 Å². The van der Waals surface area contributed by atoms with Crippen molar-refractivity contribution in [1.82, 2.24) is 9.66 Å². The maximum absolute atomic E-state index is 4.83. The van der Waals surface area contributed by atoms with Crippen molar-refractivity contribution in [3.63, 3.8) is 0 Å². The van der Waals surface area contributed by atoms with Crippen molar-refractivity contribution in [1.29, 1.82) is 0 Å². The number of aromatic nitrogens is 2. The SMILES string of the molecule is C(=N\n1c(-c2cccs2)csc1=NCc1ccccc1)/c1c[nH]c2ccccc12. The summed E-state index contributed by atoms with van der Waals surface area (Å²) in [5, 5.41) is 10.2. The Morgan fingerprint density at radius 1 is 0.931 bits per heavy atom. The lowest BCUT2D eigenvalue weighted by Crippen LogP contribution is -2.12. The number of nitrogens with zero attached hydrogens (tertiary/aromatic N) is 3. The molecule has 5 aromatic rings. The standard InChI is InChI=1S/C23H18N4S2/c1-2-7-17(8-3-1)13-25-23-27(21(16-29-23)22-11-6-12-28-22)26-15-18-14-24-20-10-5-4-9-19(18)20/h1-12,14-16,24H,13H2/b25-23?,26-15+. The first-order chi connectivity index (χ1) is 14.4. The highest BCUT2D eigenvalue weighted by atomic mass is 32.1. The Hall–Kier alpha value is -3.22. The fourth-order valence-electron chi connectivity index (χ4n) is 3.18. The summed E-state index contributed by atoms with van der Waals surface area (Å²) in [7, 11) is 0. The Balaban J connectivity index is 1.57. The average Bonchev–Trinajstić information content (AvgIpc) is 3.51. The molecule has 3 aromatic heterocycles. The molecule has 0 aliphatic rings. The third-order valence-corrected chi connectivity index (χ3v) is 6.38. The first-order valence-corrected chi connectivity index (χ1v) is 11.0. The molecule has 0 amide bonds. The lowest BCUT2D eigenvalue weighted by Gasteiger charge is -2.01. The molecule has 0 bridgehead atoms. The maximum atomic E-state index is 4.83. The van der Waals surface area contributed by atoms with Gasteiger partial charge in [-0.3, -0.25) is 4.99 Å². The van der Waals surface area contributed by atoms with Gasteiger partial charge in [-0.15, -0.1) is 22.7 Å². The van der Waals surface area contributed by atoms with Gasteiger partial charge in [-0.1, -0.05) is 54.6 Å². The first kappa shape index (κ1) is 17.8. The minimum Gasteiger partial charge on any atom is -0.361 e. The van der Waals surface area contributed by atoms with Crippen LogP contribution in [0.5, 0.6) is 0 Å². The van der Waals surface area contributed by atoms with Crippen LogP contribution in [0.3, 0.4) is 0 Å². The van der Waals surface area contributed by atoms with E-state index in [-0.39, 0.29) is 0 Å². The van der Waals surface area contributed by atoms with Crippen LogP contribution in [-0.4, -0.2) is 15.9 Å². The Labute approximate surface area is 176 Å². The summed E-state index contributed by atoms with van der Waals surface area (Å²) in [6.45, 7) is 0.633. The number of hydrogen-bond acceptors (Lipinski definition) is 4. The van der Waals surface area contributed by atoms with Crippen LogP contribution in [0.15, 0.2) is 93.8 Å². The predicted octanol–water partition coefficient (Wildman–Crippen LogP) is 5.74. The normalized spacial score (nSPS) is 12.3. The third kappa shape index (κ3) is 3.72. The number of benzene rings is 2. The zero-order valence-corrected chi connectivity index (χ0v) is 17.2. The number of thiazole rings is 1. The molecule has 3 heterocycles. The largest absolute Gasteiger partial charge is 0.361 e. The van der Waals surface area contributed by atoms with Gasteiger partial charge in [0.1, 0.15) is 0 Å². The summed E-state index contributed by atoms with van der Waals surface area (Å²) in [5.41, 5.74) is 4.42. The van der Waals surface area contributed by atoms with E-state index in [0.717, 1.165) is 27.0 Å². The molecule has 29 heavy (non-hydrogen) atoms. The van der Waals surface area contributed by atoms with Crippen LogP contribution in [-0.2, 0) is 6.54 Å². The molecule has 0 fully saturated rings. The van der Waals surface area contributed by atoms with Gasteiger partial charge < -0.3 is 4.98 Å². The highest BCUT2D eigenvalue weighted by Crippen LogP contribution is 2.25. The van der Waals surface area contributed by atoms with Crippen molar-refractivity contribution in [2.75, 3.05) is 0 Å². The molecule has 0 atom stereocenters. The number of aromatic amines is 1. The molecule has 142 valence electrons. The second-order valence-electron chi connectivity index (χ2n) is 6.53. The van der Waals surface area contributed by atoms with E-state index in [4.69, 9.17) is 10.1 Å². The van der Waals surface area contributed by atoms with E-state index in [0.29, 0.717) is 6.54 Å². The summed E-state index contributed by atoms with van der Waals surface area (Å²) in [6.07, 6.45) is 3.90. The zero-order valence-electron chi connectivity index (χ0n) is 15.5. The lowest BCUT2D eigenvalue weighted by molar-refractivity contribution is 0.826. The molecule has 0 saturated heterocycles. The van der Waals surface area contributed by atoms with Gasteiger partial charge in [-0.05, 0) is 23.1 Å². The smallest absolute Gasteiger partial charge is 0.206 e. The molecule has 0 aliphatic heterocycles. The van der Waals surface area contributed by atoms with Crippen LogP contribution in [0.1, 0.15) is 11.1 Å². The number of H-pyrrole nitrogens is 1. The Kier molecular flexibility index (Phi) is 4.94. The Morgan fingerprint density at radius 3 is 2.66 bits per heavy atom. The number of para-hydroxylation sites is 1. The van der Waals surface area contributed by atoms with Gasteiger partial charge in [-0.2, -0.15) is 5.10 Å². The Morgan fingerprint density at radius 2 is 1.79 bits per heavy atom. The monoisotopic (exact) mass is 414 g/mol. The van der Waals surface area contributed by atoms with E-state index in [1.165, 1.54) is 10.4 Å². The highest BCUT2D eigenvalue weighted by Gasteiger charge is 2.09. The Bertz CT molecular complexity index is 1320. The molecule has 5 rings (SSSR count). The highest BCUT2D eigenvalue weighted by molar-refractivity contribution is 7.14. The number of rotatable bonds is 5. The van der Waals surface area contributed by atoms with Crippen LogP contribution < -0.4 is 4.80 Å². The molecule has 4 nitrogen and oxygen atoms in total. The van der Waals surface area contributed by atoms with Crippen LogP contribution >= 0.6 is 22.7 Å². The summed E-state index contributed by atoms with van der Waals surface area (Å²) < 4.78 is 1.95. The molecule has 0 radical (unpaired) electrons. The van der Waals surface area contributed by atoms with Gasteiger partial charge in [0.2, 0.25) is 4.80 Å². The second kappa shape index (κ2) is 8.03. The average molecular weight is 415 g/mol. The molecule has 0 unspecified atom stereocenters. The van der Waals surface area contributed by atoms with E-state index in [2.05, 4.69) is 52.1 Å². The molecule has 2 aromatic carbocycles. The fourth-order valence-corrected chi connectivity index (χ4v) is 4.81. The van der Waals surface area contributed by atoms with Gasteiger partial charge in [0.25, 0.3) is 0 Å². The van der Waals surface area contributed by atoms with Gasteiger partial charge >= 0.3 is 0 Å². The molecule has 1 N–H and O–H groups in total. The lowest BCUT2D eigenvalue weighted by atomic mass is 10.2. The van der Waals surface area contributed by atoms with E-state index in [1.54, 1.807) is 22.7 Å². The predicted molar refractivity (Wildman–Crippen MR) is 123 cm³/mol.